The molecular formula is C14H11BrN2O2S. The number of pyridine rings is 1. The average molecular weight is 351 g/mol. The first-order chi connectivity index (χ1) is 9.48. The van der Waals surface area contributed by atoms with Crippen LogP contribution in [0.4, 0.5) is 0 Å². The molecule has 0 atom stereocenters. The molecule has 0 radical (unpaired) electrons. The van der Waals surface area contributed by atoms with Crippen molar-refractivity contribution in [3.63, 3.8) is 0 Å². The molecule has 0 spiro atoms. The van der Waals surface area contributed by atoms with E-state index >= 15 is 0 Å². The predicted molar refractivity (Wildman–Crippen MR) is 81.2 cm³/mol. The Balaban J connectivity index is 2.23. The maximum absolute atomic E-state index is 12.7. The molecule has 102 valence electrons. The van der Waals surface area contributed by atoms with E-state index in [-0.39, 0.29) is 4.90 Å². The highest BCUT2D eigenvalue weighted by molar-refractivity contribution is 9.10. The first-order valence-corrected chi connectivity index (χ1v) is 8.17. The molecule has 0 saturated heterocycles. The molecule has 0 bridgehead atoms. The summed E-state index contributed by atoms with van der Waals surface area (Å²) in [6.45, 7) is 1.92. The second-order valence-corrected chi connectivity index (χ2v) is 7.22. The van der Waals surface area contributed by atoms with Crippen LogP contribution in [-0.4, -0.2) is 17.4 Å². The fourth-order valence-corrected chi connectivity index (χ4v) is 3.65. The van der Waals surface area contributed by atoms with Crippen LogP contribution in [0.2, 0.25) is 0 Å². The normalized spacial score (nSPS) is 11.9. The molecular weight excluding hydrogens is 340 g/mol. The van der Waals surface area contributed by atoms with Gasteiger partial charge in [-0.05, 0) is 47.1 Å². The van der Waals surface area contributed by atoms with E-state index in [4.69, 9.17) is 0 Å². The number of rotatable bonds is 2. The molecule has 0 aliphatic heterocycles. The number of nitrogens with zero attached hydrogens (tertiary/aromatic N) is 2. The molecule has 6 heteroatoms. The van der Waals surface area contributed by atoms with Gasteiger partial charge in [0.25, 0.3) is 10.0 Å². The maximum Gasteiger partial charge on any atom is 0.268 e. The van der Waals surface area contributed by atoms with Crippen LogP contribution in [0.25, 0.3) is 11.0 Å². The summed E-state index contributed by atoms with van der Waals surface area (Å²) in [4.78, 5) is 4.45. The smallest absolute Gasteiger partial charge is 0.253 e. The lowest BCUT2D eigenvalue weighted by Gasteiger charge is -2.07. The van der Waals surface area contributed by atoms with Crippen molar-refractivity contribution in [2.75, 3.05) is 0 Å². The number of aryl methyl sites for hydroxylation is 1. The van der Waals surface area contributed by atoms with Gasteiger partial charge in [-0.2, -0.15) is 0 Å². The van der Waals surface area contributed by atoms with Gasteiger partial charge in [0.05, 0.1) is 15.9 Å². The van der Waals surface area contributed by atoms with Crippen molar-refractivity contribution in [1.29, 1.82) is 0 Å². The van der Waals surface area contributed by atoms with Gasteiger partial charge >= 0.3 is 0 Å². The zero-order valence-corrected chi connectivity index (χ0v) is 13.0. The van der Waals surface area contributed by atoms with Crippen LogP contribution in [0.1, 0.15) is 5.56 Å². The minimum absolute atomic E-state index is 0.264. The molecule has 3 aromatic rings. The SMILES string of the molecule is Cc1ccc(S(=O)(=O)n2ccc3ncc(Br)cc32)cc1. The number of benzene rings is 1. The van der Waals surface area contributed by atoms with Gasteiger partial charge in [-0.3, -0.25) is 4.98 Å². The molecule has 1 aromatic carbocycles. The lowest BCUT2D eigenvalue weighted by atomic mass is 10.2. The van der Waals surface area contributed by atoms with Gasteiger partial charge in [-0.15, -0.1) is 0 Å². The molecule has 20 heavy (non-hydrogen) atoms. The van der Waals surface area contributed by atoms with Crippen LogP contribution < -0.4 is 0 Å². The monoisotopic (exact) mass is 350 g/mol. The second-order valence-electron chi connectivity index (χ2n) is 4.49. The largest absolute Gasteiger partial charge is 0.268 e. The predicted octanol–water partition coefficient (Wildman–Crippen LogP) is 3.34. The van der Waals surface area contributed by atoms with Gasteiger partial charge in [0.15, 0.2) is 0 Å². The van der Waals surface area contributed by atoms with Crippen molar-refractivity contribution >= 4 is 37.0 Å². The molecule has 0 aliphatic rings. The average Bonchev–Trinajstić information content (AvgIpc) is 2.82. The standard InChI is InChI=1S/C14H11BrN2O2S/c1-10-2-4-12(5-3-10)20(18,19)17-7-6-13-14(17)8-11(15)9-16-13/h2-9H,1H3. The van der Waals surface area contributed by atoms with Crippen molar-refractivity contribution in [1.82, 2.24) is 8.96 Å². The van der Waals surface area contributed by atoms with Gasteiger partial charge in [0.2, 0.25) is 0 Å². The molecule has 2 heterocycles. The van der Waals surface area contributed by atoms with Crippen LogP contribution in [0.15, 0.2) is 58.2 Å². The van der Waals surface area contributed by atoms with Crippen molar-refractivity contribution in [3.05, 3.63) is 58.8 Å². The van der Waals surface area contributed by atoms with Crippen LogP contribution in [0.5, 0.6) is 0 Å². The van der Waals surface area contributed by atoms with Crippen molar-refractivity contribution in [2.45, 2.75) is 11.8 Å². The van der Waals surface area contributed by atoms with Gasteiger partial charge in [-0.25, -0.2) is 12.4 Å². The number of hydrogen-bond acceptors (Lipinski definition) is 3. The van der Waals surface area contributed by atoms with Gasteiger partial charge in [-0.1, -0.05) is 17.7 Å². The minimum Gasteiger partial charge on any atom is -0.253 e. The maximum atomic E-state index is 12.7. The molecule has 0 saturated carbocycles. The fraction of sp³-hybridized carbons (Fsp3) is 0.0714. The van der Waals surface area contributed by atoms with E-state index in [1.807, 2.05) is 6.92 Å². The van der Waals surface area contributed by atoms with E-state index in [0.717, 1.165) is 10.0 Å². The summed E-state index contributed by atoms with van der Waals surface area (Å²) in [5, 5.41) is 0. The Labute approximate surface area is 125 Å². The minimum atomic E-state index is -3.60. The third kappa shape index (κ3) is 2.14. The van der Waals surface area contributed by atoms with E-state index in [2.05, 4.69) is 20.9 Å². The first kappa shape index (κ1) is 13.3. The zero-order valence-electron chi connectivity index (χ0n) is 10.6. The second kappa shape index (κ2) is 4.71. The Morgan fingerprint density at radius 1 is 1.15 bits per heavy atom. The Morgan fingerprint density at radius 3 is 2.55 bits per heavy atom. The highest BCUT2D eigenvalue weighted by Crippen LogP contribution is 2.23. The van der Waals surface area contributed by atoms with E-state index in [1.54, 1.807) is 42.6 Å². The molecule has 4 nitrogen and oxygen atoms in total. The van der Waals surface area contributed by atoms with Crippen molar-refractivity contribution in [3.8, 4) is 0 Å². The van der Waals surface area contributed by atoms with Gasteiger partial charge < -0.3 is 0 Å². The Kier molecular flexibility index (Phi) is 3.14. The zero-order chi connectivity index (χ0) is 14.3. The molecule has 2 aromatic heterocycles. The molecule has 0 N–H and O–H groups in total. The highest BCUT2D eigenvalue weighted by atomic mass is 79.9. The number of aromatic nitrogens is 2. The third-order valence-electron chi connectivity index (χ3n) is 3.05. The van der Waals surface area contributed by atoms with E-state index in [9.17, 15) is 8.42 Å². The molecule has 0 aliphatic carbocycles. The highest BCUT2D eigenvalue weighted by Gasteiger charge is 2.19. The first-order valence-electron chi connectivity index (χ1n) is 5.93. The summed E-state index contributed by atoms with van der Waals surface area (Å²) in [7, 11) is -3.60. The lowest BCUT2D eigenvalue weighted by molar-refractivity contribution is 0.589. The van der Waals surface area contributed by atoms with Crippen molar-refractivity contribution in [2.24, 2.45) is 0 Å². The number of hydrogen-bond donors (Lipinski definition) is 0. The molecule has 0 fully saturated rings. The Hall–Kier alpha value is -1.66. The van der Waals surface area contributed by atoms with E-state index < -0.39 is 10.0 Å². The van der Waals surface area contributed by atoms with E-state index in [0.29, 0.717) is 11.0 Å². The Morgan fingerprint density at radius 2 is 1.85 bits per heavy atom. The summed E-state index contributed by atoms with van der Waals surface area (Å²) in [5.41, 5.74) is 2.22. The van der Waals surface area contributed by atoms with Crippen LogP contribution >= 0.6 is 15.9 Å². The molecule has 0 unspecified atom stereocenters. The third-order valence-corrected chi connectivity index (χ3v) is 5.18. The quantitative estimate of drug-likeness (QED) is 0.712. The van der Waals surface area contributed by atoms with Gasteiger partial charge in [0.1, 0.15) is 0 Å². The summed E-state index contributed by atoms with van der Waals surface area (Å²) < 4.78 is 27.3. The fourth-order valence-electron chi connectivity index (χ4n) is 2.00. The summed E-state index contributed by atoms with van der Waals surface area (Å²) in [6, 6.07) is 10.2. The summed E-state index contributed by atoms with van der Waals surface area (Å²) in [6.07, 6.45) is 3.17. The summed E-state index contributed by atoms with van der Waals surface area (Å²) >= 11 is 3.31. The molecule has 0 amide bonds. The van der Waals surface area contributed by atoms with Crippen LogP contribution in [0, 0.1) is 6.92 Å². The topological polar surface area (TPSA) is 52.0 Å². The lowest BCUT2D eigenvalue weighted by Crippen LogP contribution is -2.11. The number of halogens is 1. The van der Waals surface area contributed by atoms with E-state index in [1.165, 1.54) is 10.2 Å². The van der Waals surface area contributed by atoms with Crippen LogP contribution in [0.3, 0.4) is 0 Å². The van der Waals surface area contributed by atoms with Crippen molar-refractivity contribution < 1.29 is 8.42 Å². The summed E-state index contributed by atoms with van der Waals surface area (Å²) in [5.74, 6) is 0. The van der Waals surface area contributed by atoms with Gasteiger partial charge in [0, 0.05) is 16.9 Å². The Bertz CT molecular complexity index is 883. The molecule has 3 rings (SSSR count). The van der Waals surface area contributed by atoms with Crippen LogP contribution in [-0.2, 0) is 10.0 Å². The number of fused-ring (bicyclic) bond motifs is 1.